The van der Waals surface area contributed by atoms with Gasteiger partial charge in [0.05, 0.1) is 83.0 Å². The summed E-state index contributed by atoms with van der Waals surface area (Å²) >= 11 is 3.70. The Labute approximate surface area is 436 Å². The van der Waals surface area contributed by atoms with Crippen LogP contribution in [0.15, 0.2) is 0 Å². The number of hydrazine groups is 3. The summed E-state index contributed by atoms with van der Waals surface area (Å²) in [4.78, 5) is 167. The van der Waals surface area contributed by atoms with Gasteiger partial charge in [-0.05, 0) is 58.3 Å². The average molecular weight is 1080 g/mol. The first-order valence-corrected chi connectivity index (χ1v) is 25.1. The van der Waals surface area contributed by atoms with Crippen molar-refractivity contribution in [2.45, 2.75) is 126 Å². The lowest BCUT2D eigenvalue weighted by Crippen LogP contribution is -2.60. The first-order chi connectivity index (χ1) is 35.7. The van der Waals surface area contributed by atoms with Crippen molar-refractivity contribution in [2.24, 2.45) is 11.5 Å². The van der Waals surface area contributed by atoms with Crippen LogP contribution in [-0.2, 0) is 62.3 Å². The highest BCUT2D eigenvalue weighted by Crippen LogP contribution is 2.31. The maximum atomic E-state index is 14.0. The van der Waals surface area contributed by atoms with E-state index in [1.807, 2.05) is 5.01 Å². The molecule has 4 aliphatic heterocycles. The molecule has 4 aliphatic rings. The number of primary amides is 2. The number of nitrogens with zero attached hydrogens (tertiary/aromatic N) is 4. The molecule has 0 unspecified atom stereocenters. The zero-order valence-electron chi connectivity index (χ0n) is 41.6. The maximum absolute atomic E-state index is 14.0. The van der Waals surface area contributed by atoms with Crippen molar-refractivity contribution in [3.8, 4) is 0 Å². The molecule has 4 rings (SSSR count). The van der Waals surface area contributed by atoms with Gasteiger partial charge >= 0.3 is 0 Å². The topological polar surface area (TPSA) is 444 Å². The molecular formula is C44H70N14O16S. The predicted molar refractivity (Wildman–Crippen MR) is 261 cm³/mol. The number of thiol groups is 1. The van der Waals surface area contributed by atoms with Crippen LogP contribution < -0.4 is 53.7 Å². The number of carbonyl (C=O) groups is 13. The SMILES string of the molecule is C[C@H](NCC(=O)CNC(=O)[C@H](CO)NC(=O)[C@H](CO)NN1CCC[C@H]1C(=O)C(=O)CNNCC(=O)C(=O)[C@H](CC(N)=O)NS)C(=O)CC(=O)[C@@H]1CCCN1C(=O)[C@@H]1CCCN1N1CCC[C@H]1C(=O)N[C@@H](CO)C(N)=O. The fourth-order valence-corrected chi connectivity index (χ4v) is 9.35. The number of ketones is 7. The maximum Gasteiger partial charge on any atom is 0.245 e. The molecule has 0 bridgehead atoms. The fraction of sp³-hybridized carbons (Fsp3) is 0.705. The molecule has 15 N–H and O–H groups in total. The highest BCUT2D eigenvalue weighted by molar-refractivity contribution is 7.78. The third-order valence-electron chi connectivity index (χ3n) is 13.3. The van der Waals surface area contributed by atoms with E-state index in [1.54, 1.807) is 5.01 Å². The lowest BCUT2D eigenvalue weighted by atomic mass is 10.0. The summed E-state index contributed by atoms with van der Waals surface area (Å²) in [7, 11) is 0. The monoisotopic (exact) mass is 1080 g/mol. The standard InChI is InChI=1S/C44H70N14O16S/c1-23(33(63)15-34(64)29-6-2-10-55(29)44(74)32-9-5-13-58(32)57-12-4-8-31(57)43(73)51-26(20-59)40(46)70)47-16-24(62)17-48-41(71)27(21-60)52-42(72)28(22-61)53-56-11-3-7-30(56)39(69)36(66)19-50-49-18-35(65)38(68)25(54-75)14-37(45)67/h23,25-32,47,49-50,53-54,59-61,75H,2-22H2,1H3,(H2,45,67)(H2,46,70)(H,48,71)(H,51,73)(H,52,72)/t23-,25-,26-,27-,28-,29-,30-,31-,32-/m0/s1. The molecule has 0 radical (unpaired) electrons. The van der Waals surface area contributed by atoms with Crippen LogP contribution >= 0.6 is 12.8 Å². The Morgan fingerprint density at radius 3 is 1.81 bits per heavy atom. The number of likely N-dealkylation sites (tertiary alicyclic amines) is 1. The smallest absolute Gasteiger partial charge is 0.245 e. The molecule has 31 heteroatoms. The van der Waals surface area contributed by atoms with E-state index in [0.29, 0.717) is 58.0 Å². The molecule has 0 aromatic rings. The molecule has 0 aromatic heterocycles. The van der Waals surface area contributed by atoms with Crippen molar-refractivity contribution in [1.82, 2.24) is 62.2 Å². The molecule has 418 valence electrons. The minimum absolute atomic E-state index is 0.157. The minimum Gasteiger partial charge on any atom is -0.394 e. The van der Waals surface area contributed by atoms with Crippen molar-refractivity contribution < 1.29 is 77.6 Å². The van der Waals surface area contributed by atoms with E-state index < -0.39 is 183 Å². The Bertz CT molecular complexity index is 2160. The van der Waals surface area contributed by atoms with E-state index in [2.05, 4.69) is 55.1 Å². The van der Waals surface area contributed by atoms with Crippen LogP contribution in [0.5, 0.6) is 0 Å². The molecule has 4 heterocycles. The molecule has 0 spiro atoms. The summed E-state index contributed by atoms with van der Waals surface area (Å²) in [5, 5.41) is 44.0. The van der Waals surface area contributed by atoms with Crippen LogP contribution in [-0.4, -0.2) is 238 Å². The number of nitrogens with two attached hydrogens (primary N) is 2. The predicted octanol–water partition coefficient (Wildman–Crippen LogP) is -9.17. The second-order valence-corrected chi connectivity index (χ2v) is 18.8. The summed E-state index contributed by atoms with van der Waals surface area (Å²) in [6.45, 7) is -1.90. The van der Waals surface area contributed by atoms with E-state index >= 15 is 0 Å². The van der Waals surface area contributed by atoms with Gasteiger partial charge in [0, 0.05) is 26.2 Å². The van der Waals surface area contributed by atoms with E-state index in [-0.39, 0.29) is 25.4 Å². The Balaban J connectivity index is 1.18. The highest BCUT2D eigenvalue weighted by Gasteiger charge is 2.46. The minimum atomic E-state index is -1.61. The van der Waals surface area contributed by atoms with Gasteiger partial charge in [0.25, 0.3) is 0 Å². The number of Topliss-reactive ketones (excluding diaryl/α,β-unsaturated/α-hetero) is 7. The second kappa shape index (κ2) is 30.2. The highest BCUT2D eigenvalue weighted by atomic mass is 32.1. The Morgan fingerprint density at radius 1 is 0.627 bits per heavy atom. The summed E-state index contributed by atoms with van der Waals surface area (Å²) < 4.78 is 2.21. The van der Waals surface area contributed by atoms with Crippen LogP contribution in [0.1, 0.15) is 71.1 Å². The van der Waals surface area contributed by atoms with Gasteiger partial charge in [-0.25, -0.2) is 31.3 Å². The third-order valence-corrected chi connectivity index (χ3v) is 13.6. The van der Waals surface area contributed by atoms with Crippen molar-refractivity contribution in [1.29, 1.82) is 0 Å². The Hall–Kier alpha value is -5.58. The van der Waals surface area contributed by atoms with Gasteiger partial charge in [-0.3, -0.25) is 67.1 Å². The van der Waals surface area contributed by atoms with Crippen molar-refractivity contribution >= 4 is 88.7 Å². The summed E-state index contributed by atoms with van der Waals surface area (Å²) in [5.41, 5.74) is 17.7. The number of nitrogens with one attached hydrogen (secondary N) is 8. The molecule has 75 heavy (non-hydrogen) atoms. The summed E-state index contributed by atoms with van der Waals surface area (Å²) in [5.74, 6) is -10.0. The average Bonchev–Trinajstić information content (AvgIpc) is 4.25. The molecule has 0 aromatic carbocycles. The summed E-state index contributed by atoms with van der Waals surface area (Å²) in [6.07, 6.45) is 2.58. The molecule has 6 amide bonds. The van der Waals surface area contributed by atoms with Gasteiger partial charge in [-0.2, -0.15) is 0 Å². The quantitative estimate of drug-likeness (QED) is 0.00935. The summed E-state index contributed by atoms with van der Waals surface area (Å²) in [6, 6.07) is -9.96. The number of amides is 6. The van der Waals surface area contributed by atoms with Crippen LogP contribution in [0.3, 0.4) is 0 Å². The first kappa shape index (κ1) is 62.0. The van der Waals surface area contributed by atoms with Crippen molar-refractivity contribution in [3.63, 3.8) is 0 Å². The first-order valence-electron chi connectivity index (χ1n) is 24.6. The van der Waals surface area contributed by atoms with Crippen LogP contribution in [0.2, 0.25) is 0 Å². The van der Waals surface area contributed by atoms with Gasteiger partial charge < -0.3 is 53.0 Å². The van der Waals surface area contributed by atoms with Crippen LogP contribution in [0, 0.1) is 0 Å². The van der Waals surface area contributed by atoms with E-state index in [1.165, 1.54) is 16.8 Å². The van der Waals surface area contributed by atoms with Gasteiger partial charge in [0.1, 0.15) is 30.2 Å². The second-order valence-electron chi connectivity index (χ2n) is 18.5. The van der Waals surface area contributed by atoms with Gasteiger partial charge in [-0.15, -0.1) is 0 Å². The molecule has 0 aliphatic carbocycles. The third kappa shape index (κ3) is 17.5. The Morgan fingerprint density at radius 2 is 1.20 bits per heavy atom. The lowest BCUT2D eigenvalue weighted by Gasteiger charge is -2.38. The van der Waals surface area contributed by atoms with E-state index in [4.69, 9.17) is 11.5 Å². The molecule has 0 saturated carbocycles. The lowest BCUT2D eigenvalue weighted by molar-refractivity contribution is -0.152. The van der Waals surface area contributed by atoms with Crippen LogP contribution in [0.25, 0.3) is 0 Å². The molecule has 30 nitrogen and oxygen atoms in total. The van der Waals surface area contributed by atoms with E-state index in [0.717, 1.165) is 0 Å². The van der Waals surface area contributed by atoms with Gasteiger partial charge in [-0.1, -0.05) is 12.8 Å². The fourth-order valence-electron chi connectivity index (χ4n) is 9.14. The normalized spacial score (nSPS) is 22.1. The molecule has 4 fully saturated rings. The number of aliphatic hydroxyl groups excluding tert-OH is 3. The van der Waals surface area contributed by atoms with Crippen molar-refractivity contribution in [2.75, 3.05) is 72.2 Å². The molecule has 9 atom stereocenters. The molecule has 4 saturated heterocycles. The number of carbonyl (C=O) groups excluding carboxylic acids is 13. The van der Waals surface area contributed by atoms with Crippen molar-refractivity contribution in [3.05, 3.63) is 0 Å². The number of hydrogen-bond donors (Lipinski definition) is 14. The zero-order valence-corrected chi connectivity index (χ0v) is 42.5. The number of aliphatic hydroxyl groups is 3. The Kier molecular flexibility index (Phi) is 25.0. The van der Waals surface area contributed by atoms with Gasteiger partial charge in [0.15, 0.2) is 17.3 Å². The van der Waals surface area contributed by atoms with Gasteiger partial charge in [0.2, 0.25) is 58.6 Å². The van der Waals surface area contributed by atoms with Crippen LogP contribution in [0.4, 0.5) is 0 Å². The zero-order chi connectivity index (χ0) is 55.5. The number of hydrogen-bond acceptors (Lipinski definition) is 25. The van der Waals surface area contributed by atoms with E-state index in [9.17, 15) is 77.6 Å². The molecular weight excluding hydrogens is 1010 g/mol. The number of rotatable bonds is 34. The largest absolute Gasteiger partial charge is 0.394 e.